The van der Waals surface area contributed by atoms with E-state index >= 15 is 0 Å². The van der Waals surface area contributed by atoms with Crippen LogP contribution in [0.2, 0.25) is 0 Å². The van der Waals surface area contributed by atoms with Crippen LogP contribution in [0.25, 0.3) is 98.8 Å². The minimum atomic E-state index is -0.946. The number of hydrogen-bond acceptors (Lipinski definition) is 1. The summed E-state index contributed by atoms with van der Waals surface area (Å²) in [6.45, 7) is 0. The van der Waals surface area contributed by atoms with Gasteiger partial charge >= 0.3 is 0 Å². The summed E-state index contributed by atoms with van der Waals surface area (Å²) in [5, 5.41) is -3.59. The summed E-state index contributed by atoms with van der Waals surface area (Å²) in [6.07, 6.45) is 0. The molecule has 0 saturated heterocycles. The molecule has 0 amide bonds. The highest BCUT2D eigenvalue weighted by atomic mass is 16.3. The molecule has 49 heavy (non-hydrogen) atoms. The lowest BCUT2D eigenvalue weighted by molar-refractivity contribution is 0.669. The first kappa shape index (κ1) is 11.9. The summed E-state index contributed by atoms with van der Waals surface area (Å²) in [7, 11) is 0. The van der Waals surface area contributed by atoms with E-state index in [4.69, 9.17) is 29.1 Å². The van der Waals surface area contributed by atoms with E-state index in [1.165, 1.54) is 6.07 Å². The van der Waals surface area contributed by atoms with Crippen LogP contribution in [0.5, 0.6) is 0 Å². The molecule has 0 aliphatic rings. The van der Waals surface area contributed by atoms with Gasteiger partial charge in [0.2, 0.25) is 0 Å². The molecule has 0 unspecified atom stereocenters. The van der Waals surface area contributed by atoms with Crippen LogP contribution >= 0.6 is 0 Å². The first-order chi connectivity index (χ1) is 35.5. The zero-order chi connectivity index (χ0) is 55.8. The molecular weight excluding hydrogens is 593 g/mol. The molecule has 0 spiro atoms. The van der Waals surface area contributed by atoms with Gasteiger partial charge in [0.1, 0.15) is 11.2 Å². The van der Waals surface area contributed by atoms with Gasteiger partial charge in [0.05, 0.1) is 37.0 Å². The Morgan fingerprint density at radius 2 is 0.939 bits per heavy atom. The van der Waals surface area contributed by atoms with Crippen molar-refractivity contribution in [2.45, 2.75) is 0 Å². The van der Waals surface area contributed by atoms with Gasteiger partial charge < -0.3 is 4.42 Å². The van der Waals surface area contributed by atoms with Crippen molar-refractivity contribution < 1.29 is 41.4 Å². The van der Waals surface area contributed by atoms with Crippen LogP contribution in [0, 0.1) is 0 Å². The highest BCUT2D eigenvalue weighted by Gasteiger charge is 2.18. The van der Waals surface area contributed by atoms with E-state index in [9.17, 15) is 12.3 Å². The molecule has 0 N–H and O–H groups in total. The molecule has 0 bridgehead atoms. The Balaban J connectivity index is 1.39. The molecule has 0 saturated carbocycles. The Hall–Kier alpha value is -6.44. The SMILES string of the molecule is [2H]c1cc2oc3c([2H])c([2H])c(-c4c([2H])c([2H])c([2H])c([2H])c4[2H])c([2H])c3c2cc1-c1c2c([2H])c([2H])c([2H])c([2H])c2c(-c2c([2H])cc(-c3c([2H])c([2H])c([2H])c4c([2H])c([2H])c([2H])c([2H])c34)c([2H])c2[2H])c2c([2H])c([2H])c([2H])c([2H])c12. The first-order valence-electron chi connectivity index (χ1n) is 28.1. The second-order valence-corrected chi connectivity index (χ2v) is 10.8. The minimum Gasteiger partial charge on any atom is -0.456 e. The maximum absolute atomic E-state index is 9.57. The Kier molecular flexibility index (Phi) is 2.69. The average Bonchev–Trinajstić information content (AvgIpc) is 3.87. The lowest BCUT2D eigenvalue weighted by atomic mass is 9.85. The molecule has 0 radical (unpaired) electrons. The third-order valence-electron chi connectivity index (χ3n) is 8.08. The maximum atomic E-state index is 9.57. The predicted octanol–water partition coefficient (Wildman–Crippen LogP) is 13.7. The van der Waals surface area contributed by atoms with Crippen LogP contribution < -0.4 is 0 Å². The molecule has 10 rings (SSSR count). The van der Waals surface area contributed by atoms with Crippen molar-refractivity contribution in [1.82, 2.24) is 0 Å². The van der Waals surface area contributed by atoms with Crippen molar-refractivity contribution >= 4 is 54.3 Å². The second kappa shape index (κ2) is 11.1. The molecule has 1 heteroatoms. The summed E-state index contributed by atoms with van der Waals surface area (Å²) < 4.78 is 246. The van der Waals surface area contributed by atoms with Crippen molar-refractivity contribution in [3.8, 4) is 44.5 Å². The summed E-state index contributed by atoms with van der Waals surface area (Å²) in [4.78, 5) is 0. The van der Waals surface area contributed by atoms with Crippen LogP contribution in [0.3, 0.4) is 0 Å². The summed E-state index contributed by atoms with van der Waals surface area (Å²) in [5.74, 6) is 0. The Labute approximate surface area is 322 Å². The predicted molar refractivity (Wildman–Crippen MR) is 208 cm³/mol. The van der Waals surface area contributed by atoms with Crippen molar-refractivity contribution in [1.29, 1.82) is 0 Å². The van der Waals surface area contributed by atoms with Gasteiger partial charge in [-0.05, 0) is 101 Å². The van der Waals surface area contributed by atoms with Gasteiger partial charge in [-0.25, -0.2) is 0 Å². The quantitative estimate of drug-likeness (QED) is 0.173. The fourth-order valence-corrected chi connectivity index (χ4v) is 5.95. The summed E-state index contributed by atoms with van der Waals surface area (Å²) in [6, 6.07) is -18.5. The Morgan fingerprint density at radius 1 is 0.347 bits per heavy atom. The molecule has 10 aromatic rings. The van der Waals surface area contributed by atoms with Crippen LogP contribution in [0.1, 0.15) is 37.0 Å². The monoisotopic (exact) mass is 649 g/mol. The van der Waals surface area contributed by atoms with Crippen molar-refractivity contribution in [2.24, 2.45) is 0 Å². The van der Waals surface area contributed by atoms with Crippen molar-refractivity contribution in [3.05, 3.63) is 181 Å². The van der Waals surface area contributed by atoms with E-state index in [0.29, 0.717) is 0 Å². The highest BCUT2D eigenvalue weighted by molar-refractivity contribution is 6.22. The van der Waals surface area contributed by atoms with E-state index in [-0.39, 0.29) is 21.9 Å². The zero-order valence-corrected chi connectivity index (χ0v) is 24.6. The minimum absolute atomic E-state index is 0.128. The van der Waals surface area contributed by atoms with Crippen LogP contribution in [-0.4, -0.2) is 0 Å². The van der Waals surface area contributed by atoms with Gasteiger partial charge in [0.15, 0.2) is 0 Å². The molecular formula is C48H30O. The van der Waals surface area contributed by atoms with E-state index in [1.807, 2.05) is 0 Å². The second-order valence-electron chi connectivity index (χ2n) is 10.8. The normalized spacial score (nSPS) is 19.4. The lowest BCUT2D eigenvalue weighted by Crippen LogP contribution is -1.91. The topological polar surface area (TPSA) is 13.1 Å². The number of benzene rings is 9. The molecule has 0 aliphatic heterocycles. The number of furan rings is 1. The molecule has 0 aliphatic carbocycles. The Bertz CT molecular complexity index is 4310. The van der Waals surface area contributed by atoms with Crippen molar-refractivity contribution in [2.75, 3.05) is 0 Å². The van der Waals surface area contributed by atoms with Gasteiger partial charge in [0.25, 0.3) is 0 Å². The molecule has 1 heterocycles. The van der Waals surface area contributed by atoms with E-state index in [0.717, 1.165) is 12.1 Å². The first-order valence-corrected chi connectivity index (χ1v) is 14.6. The third kappa shape index (κ3) is 4.47. The van der Waals surface area contributed by atoms with Crippen molar-refractivity contribution in [3.63, 3.8) is 0 Å². The zero-order valence-electron chi connectivity index (χ0n) is 51.6. The van der Waals surface area contributed by atoms with Crippen LogP contribution in [-0.2, 0) is 0 Å². The third-order valence-corrected chi connectivity index (χ3v) is 8.08. The van der Waals surface area contributed by atoms with Crippen LogP contribution in [0.15, 0.2) is 186 Å². The van der Waals surface area contributed by atoms with E-state index in [1.54, 1.807) is 0 Å². The molecule has 1 aromatic heterocycles. The number of fused-ring (bicyclic) bond motifs is 6. The fourth-order valence-electron chi connectivity index (χ4n) is 5.95. The number of rotatable bonds is 4. The van der Waals surface area contributed by atoms with Gasteiger partial charge in [-0.15, -0.1) is 0 Å². The molecule has 0 fully saturated rings. The molecule has 1 nitrogen and oxygen atoms in total. The average molecular weight is 650 g/mol. The molecule has 0 atom stereocenters. The van der Waals surface area contributed by atoms with Gasteiger partial charge in [0, 0.05) is 10.8 Å². The lowest BCUT2D eigenvalue weighted by Gasteiger charge is -2.18. The summed E-state index contributed by atoms with van der Waals surface area (Å²) in [5.41, 5.74) is -4.78. The molecule has 9 aromatic carbocycles. The largest absolute Gasteiger partial charge is 0.456 e. The van der Waals surface area contributed by atoms with Gasteiger partial charge in [-0.1, -0.05) is 157 Å². The van der Waals surface area contributed by atoms with Gasteiger partial charge in [-0.2, -0.15) is 0 Å². The fraction of sp³-hybridized carbons (Fsp3) is 0. The van der Waals surface area contributed by atoms with E-state index in [2.05, 4.69) is 0 Å². The smallest absolute Gasteiger partial charge is 0.135 e. The van der Waals surface area contributed by atoms with E-state index < -0.39 is 240 Å². The van der Waals surface area contributed by atoms with Gasteiger partial charge in [-0.3, -0.25) is 0 Å². The maximum Gasteiger partial charge on any atom is 0.135 e. The number of hydrogen-bond donors (Lipinski definition) is 0. The highest BCUT2D eigenvalue weighted by Crippen LogP contribution is 2.45. The standard InChI is InChI=1S/C48H30O/c1-2-11-31(12-3-1)35-25-27-45-43(29-35)44-30-36(26-28-46(44)49-45)48-41-18-8-6-16-39(41)47(40-17-7-9-19-42(40)48)34-23-21-33(22-24-34)38-20-10-14-32-13-4-5-15-37(32)38/h1-30H/i1D,2D,3D,4D,5D,6D,7D,8D,9D,10D,11D,12D,13D,14D,15D,16D,17D,18D,19D,20D,21D,23D,24D,25D,26D,27D,29D. The van der Waals surface area contributed by atoms with Crippen LogP contribution in [0.4, 0.5) is 0 Å². The summed E-state index contributed by atoms with van der Waals surface area (Å²) >= 11 is 0. The molecule has 228 valence electrons. The Morgan fingerprint density at radius 3 is 1.69 bits per heavy atom.